The van der Waals surface area contributed by atoms with E-state index in [1.54, 1.807) is 19.1 Å². The van der Waals surface area contributed by atoms with Crippen molar-refractivity contribution in [2.45, 2.75) is 26.3 Å². The van der Waals surface area contributed by atoms with Crippen LogP contribution in [0.4, 0.5) is 10.1 Å². The number of nitrogens with one attached hydrogen (secondary N) is 2. The molecule has 4 nitrogen and oxygen atoms in total. The van der Waals surface area contributed by atoms with Crippen molar-refractivity contribution in [3.8, 4) is 6.07 Å². The topological polar surface area (TPSA) is 64.9 Å². The molecule has 0 aliphatic carbocycles. The number of benzene rings is 1. The summed E-state index contributed by atoms with van der Waals surface area (Å²) >= 11 is 0. The highest BCUT2D eigenvalue weighted by Crippen LogP contribution is 2.15. The van der Waals surface area contributed by atoms with Crippen LogP contribution in [0.5, 0.6) is 0 Å². The first-order chi connectivity index (χ1) is 8.87. The van der Waals surface area contributed by atoms with Crippen LogP contribution in [0.15, 0.2) is 24.3 Å². The Kier molecular flexibility index (Phi) is 4.87. The fourth-order valence-corrected chi connectivity index (χ4v) is 1.39. The predicted molar refractivity (Wildman–Crippen MR) is 71.9 cm³/mol. The average Bonchev–Trinajstić information content (AvgIpc) is 2.37. The number of anilines is 1. The second-order valence-corrected chi connectivity index (χ2v) is 4.88. The molecule has 0 fully saturated rings. The standard InChI is InChI=1S/C14H18FN3O/c1-10(2)14(3,9-16)18-13(19)8-17-12-6-4-11(15)5-7-12/h4-7,10,17H,8H2,1-3H3,(H,18,19)/t14-/m1/s1. The van der Waals surface area contributed by atoms with Gasteiger partial charge in [-0.2, -0.15) is 5.26 Å². The molecule has 2 N–H and O–H groups in total. The molecule has 1 atom stereocenters. The lowest BCUT2D eigenvalue weighted by Gasteiger charge is -2.27. The highest BCUT2D eigenvalue weighted by atomic mass is 19.1. The minimum atomic E-state index is -0.887. The van der Waals surface area contributed by atoms with E-state index in [4.69, 9.17) is 5.26 Å². The number of nitriles is 1. The molecule has 1 aromatic carbocycles. The lowest BCUT2D eigenvalue weighted by Crippen LogP contribution is -2.50. The minimum absolute atomic E-state index is 0.00673. The molecule has 0 aliphatic heterocycles. The average molecular weight is 263 g/mol. The molecule has 0 aliphatic rings. The highest BCUT2D eigenvalue weighted by Gasteiger charge is 2.29. The van der Waals surface area contributed by atoms with Gasteiger partial charge in [-0.3, -0.25) is 4.79 Å². The van der Waals surface area contributed by atoms with E-state index in [9.17, 15) is 9.18 Å². The maximum Gasteiger partial charge on any atom is 0.240 e. The van der Waals surface area contributed by atoms with Gasteiger partial charge < -0.3 is 10.6 Å². The summed E-state index contributed by atoms with van der Waals surface area (Å²) in [6.07, 6.45) is 0. The summed E-state index contributed by atoms with van der Waals surface area (Å²) in [6.45, 7) is 5.47. The first kappa shape index (κ1) is 15.0. The number of carbonyl (C=O) groups excluding carboxylic acids is 1. The van der Waals surface area contributed by atoms with Gasteiger partial charge in [-0.25, -0.2) is 4.39 Å². The van der Waals surface area contributed by atoms with Crippen LogP contribution in [0.1, 0.15) is 20.8 Å². The summed E-state index contributed by atoms with van der Waals surface area (Å²) < 4.78 is 12.7. The van der Waals surface area contributed by atoms with Crippen LogP contribution in [0.25, 0.3) is 0 Å². The van der Waals surface area contributed by atoms with Gasteiger partial charge in [0, 0.05) is 5.69 Å². The van der Waals surface area contributed by atoms with E-state index < -0.39 is 5.54 Å². The van der Waals surface area contributed by atoms with E-state index in [-0.39, 0.29) is 24.2 Å². The Balaban J connectivity index is 2.53. The molecule has 19 heavy (non-hydrogen) atoms. The van der Waals surface area contributed by atoms with E-state index in [0.29, 0.717) is 5.69 Å². The van der Waals surface area contributed by atoms with Crippen molar-refractivity contribution >= 4 is 11.6 Å². The lowest BCUT2D eigenvalue weighted by molar-refractivity contribution is -0.121. The maximum atomic E-state index is 12.7. The summed E-state index contributed by atoms with van der Waals surface area (Å²) in [6, 6.07) is 7.83. The molecule has 1 amide bonds. The van der Waals surface area contributed by atoms with Crippen LogP contribution < -0.4 is 10.6 Å². The summed E-state index contributed by atoms with van der Waals surface area (Å²) in [5, 5.41) is 14.7. The van der Waals surface area contributed by atoms with E-state index in [0.717, 1.165) is 0 Å². The summed E-state index contributed by atoms with van der Waals surface area (Å²) in [5.74, 6) is -0.596. The molecule has 1 aromatic rings. The molecule has 0 aromatic heterocycles. The zero-order chi connectivity index (χ0) is 14.5. The van der Waals surface area contributed by atoms with Crippen molar-refractivity contribution < 1.29 is 9.18 Å². The molecule has 1 rings (SSSR count). The van der Waals surface area contributed by atoms with Crippen LogP contribution >= 0.6 is 0 Å². The summed E-state index contributed by atoms with van der Waals surface area (Å²) in [5.41, 5.74) is -0.235. The molecule has 0 radical (unpaired) electrons. The van der Waals surface area contributed by atoms with Crippen LogP contribution in [0.2, 0.25) is 0 Å². The second-order valence-electron chi connectivity index (χ2n) is 4.88. The van der Waals surface area contributed by atoms with Crippen LogP contribution in [-0.2, 0) is 4.79 Å². The zero-order valence-corrected chi connectivity index (χ0v) is 11.3. The van der Waals surface area contributed by atoms with Crippen molar-refractivity contribution in [1.29, 1.82) is 5.26 Å². The van der Waals surface area contributed by atoms with Crippen molar-refractivity contribution in [1.82, 2.24) is 5.32 Å². The summed E-state index contributed by atoms with van der Waals surface area (Å²) in [7, 11) is 0. The van der Waals surface area contributed by atoms with Crippen molar-refractivity contribution in [3.05, 3.63) is 30.1 Å². The van der Waals surface area contributed by atoms with Crippen LogP contribution in [0.3, 0.4) is 0 Å². The first-order valence-electron chi connectivity index (χ1n) is 6.09. The molecule has 0 spiro atoms. The number of hydrogen-bond donors (Lipinski definition) is 2. The fourth-order valence-electron chi connectivity index (χ4n) is 1.39. The predicted octanol–water partition coefficient (Wildman–Crippen LogP) is 2.29. The molecule has 102 valence electrons. The van der Waals surface area contributed by atoms with Crippen LogP contribution in [-0.4, -0.2) is 18.0 Å². The van der Waals surface area contributed by atoms with Gasteiger partial charge in [0.15, 0.2) is 0 Å². The third-order valence-electron chi connectivity index (χ3n) is 3.08. The Morgan fingerprint density at radius 3 is 2.47 bits per heavy atom. The van der Waals surface area contributed by atoms with Gasteiger partial charge in [-0.05, 0) is 37.1 Å². The largest absolute Gasteiger partial charge is 0.376 e. The molecule has 0 unspecified atom stereocenters. The second kappa shape index (κ2) is 6.19. The van der Waals surface area contributed by atoms with Gasteiger partial charge in [0.2, 0.25) is 5.91 Å². The molecule has 0 heterocycles. The first-order valence-corrected chi connectivity index (χ1v) is 6.09. The molecular formula is C14H18FN3O. The Labute approximate surface area is 112 Å². The minimum Gasteiger partial charge on any atom is -0.376 e. The SMILES string of the molecule is CC(C)[C@@](C)(C#N)NC(=O)CNc1ccc(F)cc1. The Bertz CT molecular complexity index is 478. The van der Waals surface area contributed by atoms with Crippen molar-refractivity contribution in [3.63, 3.8) is 0 Å². The number of nitrogens with zero attached hydrogens (tertiary/aromatic N) is 1. The monoisotopic (exact) mass is 263 g/mol. The number of amides is 1. The normalized spacial score (nSPS) is 13.5. The number of rotatable bonds is 5. The Hall–Kier alpha value is -2.09. The molecule has 5 heteroatoms. The van der Waals surface area contributed by atoms with Gasteiger partial charge in [0.1, 0.15) is 11.4 Å². The van der Waals surface area contributed by atoms with Gasteiger partial charge in [0.25, 0.3) is 0 Å². The molecule has 0 saturated heterocycles. The smallest absolute Gasteiger partial charge is 0.240 e. The lowest BCUT2D eigenvalue weighted by atomic mass is 9.90. The van der Waals surface area contributed by atoms with Gasteiger partial charge in [-0.15, -0.1) is 0 Å². The van der Waals surface area contributed by atoms with Crippen LogP contribution in [0, 0.1) is 23.1 Å². The van der Waals surface area contributed by atoms with E-state index >= 15 is 0 Å². The third kappa shape index (κ3) is 4.25. The maximum absolute atomic E-state index is 12.7. The van der Waals surface area contributed by atoms with Gasteiger partial charge in [0.05, 0.1) is 12.6 Å². The van der Waals surface area contributed by atoms with Crippen molar-refractivity contribution in [2.24, 2.45) is 5.92 Å². The Morgan fingerprint density at radius 2 is 2.00 bits per heavy atom. The zero-order valence-electron chi connectivity index (χ0n) is 11.3. The molecule has 0 saturated carbocycles. The highest BCUT2D eigenvalue weighted by molar-refractivity contribution is 5.81. The number of carbonyl (C=O) groups is 1. The molecular weight excluding hydrogens is 245 g/mol. The molecule has 0 bridgehead atoms. The van der Waals surface area contributed by atoms with Gasteiger partial charge in [-0.1, -0.05) is 13.8 Å². The fraction of sp³-hybridized carbons (Fsp3) is 0.429. The van der Waals surface area contributed by atoms with Crippen molar-refractivity contribution in [2.75, 3.05) is 11.9 Å². The number of halogens is 1. The third-order valence-corrected chi connectivity index (χ3v) is 3.08. The number of hydrogen-bond acceptors (Lipinski definition) is 3. The van der Waals surface area contributed by atoms with Gasteiger partial charge >= 0.3 is 0 Å². The van der Waals surface area contributed by atoms with E-state index in [1.165, 1.54) is 12.1 Å². The van der Waals surface area contributed by atoms with E-state index in [1.807, 2.05) is 13.8 Å². The van der Waals surface area contributed by atoms with E-state index in [2.05, 4.69) is 16.7 Å². The summed E-state index contributed by atoms with van der Waals surface area (Å²) in [4.78, 5) is 11.8. The quantitative estimate of drug-likeness (QED) is 0.856. The Morgan fingerprint density at radius 1 is 1.42 bits per heavy atom.